The number of carbonyl (C=O) groups is 1. The van der Waals surface area contributed by atoms with Crippen molar-refractivity contribution in [3.8, 4) is 10.6 Å². The number of benzene rings is 2. The highest BCUT2D eigenvalue weighted by Crippen LogP contribution is 2.33. The van der Waals surface area contributed by atoms with Gasteiger partial charge in [0, 0.05) is 23.0 Å². The van der Waals surface area contributed by atoms with Gasteiger partial charge in [0.15, 0.2) is 5.01 Å². The van der Waals surface area contributed by atoms with Gasteiger partial charge in [0.1, 0.15) is 6.61 Å². The zero-order valence-electron chi connectivity index (χ0n) is 14.5. The Morgan fingerprint density at radius 3 is 2.89 bits per heavy atom. The zero-order valence-corrected chi connectivity index (χ0v) is 16.8. The largest absolute Gasteiger partial charge is 0.444 e. The van der Waals surface area contributed by atoms with Crippen LogP contribution < -0.4 is 5.32 Å². The lowest BCUT2D eigenvalue weighted by atomic mass is 10.2. The van der Waals surface area contributed by atoms with Gasteiger partial charge in [0.25, 0.3) is 0 Å². The first-order valence-corrected chi connectivity index (χ1v) is 9.70. The molecule has 7 nitrogen and oxygen atoms in total. The highest BCUT2D eigenvalue weighted by molar-refractivity contribution is 7.18. The van der Waals surface area contributed by atoms with E-state index in [1.165, 1.54) is 11.3 Å². The van der Waals surface area contributed by atoms with E-state index in [0.717, 1.165) is 16.5 Å². The van der Waals surface area contributed by atoms with Gasteiger partial charge in [-0.05, 0) is 35.9 Å². The number of hydrogen-bond acceptors (Lipinski definition) is 6. The summed E-state index contributed by atoms with van der Waals surface area (Å²) in [6.07, 6.45) is 1.15. The SMILES string of the molecule is Cn1ncc2cc(COC(=O)Nc3nnc(-c4ccc(Cl)cc4Cl)s3)ccc21. The van der Waals surface area contributed by atoms with E-state index < -0.39 is 6.09 Å². The van der Waals surface area contributed by atoms with E-state index >= 15 is 0 Å². The molecule has 0 aliphatic rings. The summed E-state index contributed by atoms with van der Waals surface area (Å²) in [6.45, 7) is 0.130. The van der Waals surface area contributed by atoms with Crippen molar-refractivity contribution in [2.45, 2.75) is 6.61 Å². The third-order valence-corrected chi connectivity index (χ3v) is 5.40. The monoisotopic (exact) mass is 433 g/mol. The molecule has 0 aliphatic carbocycles. The lowest BCUT2D eigenvalue weighted by molar-refractivity contribution is 0.155. The maximum Gasteiger partial charge on any atom is 0.413 e. The van der Waals surface area contributed by atoms with Crippen LogP contribution in [0.15, 0.2) is 42.6 Å². The van der Waals surface area contributed by atoms with Crippen LogP contribution in [0.25, 0.3) is 21.5 Å². The lowest BCUT2D eigenvalue weighted by Gasteiger charge is -2.05. The molecular weight excluding hydrogens is 421 g/mol. The van der Waals surface area contributed by atoms with Crippen LogP contribution in [0.5, 0.6) is 0 Å². The highest BCUT2D eigenvalue weighted by atomic mass is 35.5. The fourth-order valence-corrected chi connectivity index (χ4v) is 3.94. The van der Waals surface area contributed by atoms with Crippen molar-refractivity contribution in [2.75, 3.05) is 5.32 Å². The molecule has 0 saturated carbocycles. The molecule has 2 aromatic heterocycles. The van der Waals surface area contributed by atoms with Crippen LogP contribution >= 0.6 is 34.5 Å². The molecular formula is C18H13Cl2N5O2S. The number of rotatable bonds is 4. The van der Waals surface area contributed by atoms with Crippen LogP contribution in [0.1, 0.15) is 5.56 Å². The molecule has 2 aromatic carbocycles. The van der Waals surface area contributed by atoms with Gasteiger partial charge in [-0.2, -0.15) is 5.10 Å². The first-order valence-electron chi connectivity index (χ1n) is 8.13. The first kappa shape index (κ1) is 18.7. The van der Waals surface area contributed by atoms with E-state index in [9.17, 15) is 4.79 Å². The van der Waals surface area contributed by atoms with Crippen molar-refractivity contribution in [1.29, 1.82) is 0 Å². The van der Waals surface area contributed by atoms with Gasteiger partial charge in [0.05, 0.1) is 16.7 Å². The summed E-state index contributed by atoms with van der Waals surface area (Å²) < 4.78 is 7.04. The number of amides is 1. The topological polar surface area (TPSA) is 81.9 Å². The van der Waals surface area contributed by atoms with Gasteiger partial charge in [0.2, 0.25) is 5.13 Å². The third kappa shape index (κ3) is 3.94. The van der Waals surface area contributed by atoms with Gasteiger partial charge < -0.3 is 4.74 Å². The van der Waals surface area contributed by atoms with Crippen molar-refractivity contribution in [2.24, 2.45) is 7.05 Å². The minimum atomic E-state index is -0.615. The van der Waals surface area contributed by atoms with E-state index in [0.29, 0.717) is 25.7 Å². The molecule has 0 unspecified atom stereocenters. The number of hydrogen-bond donors (Lipinski definition) is 1. The summed E-state index contributed by atoms with van der Waals surface area (Å²) in [5.41, 5.74) is 2.56. The van der Waals surface area contributed by atoms with E-state index in [1.807, 2.05) is 25.2 Å². The Labute approximate surface area is 173 Å². The average molecular weight is 434 g/mol. The molecule has 0 atom stereocenters. The van der Waals surface area contributed by atoms with Crippen molar-refractivity contribution in [3.05, 3.63) is 58.2 Å². The summed E-state index contributed by atoms with van der Waals surface area (Å²) in [4.78, 5) is 12.1. The van der Waals surface area contributed by atoms with E-state index in [-0.39, 0.29) is 6.61 Å². The Hall–Kier alpha value is -2.68. The number of carbonyl (C=O) groups excluding carboxylic acids is 1. The zero-order chi connectivity index (χ0) is 19.7. The second-order valence-electron chi connectivity index (χ2n) is 5.90. The van der Waals surface area contributed by atoms with Crippen LogP contribution in [0.2, 0.25) is 10.0 Å². The van der Waals surface area contributed by atoms with Crippen molar-refractivity contribution in [3.63, 3.8) is 0 Å². The maximum absolute atomic E-state index is 12.1. The molecule has 1 amide bonds. The maximum atomic E-state index is 12.1. The van der Waals surface area contributed by atoms with Gasteiger partial charge >= 0.3 is 6.09 Å². The molecule has 0 radical (unpaired) electrons. The molecule has 0 saturated heterocycles. The molecule has 1 N–H and O–H groups in total. The van der Waals surface area contributed by atoms with E-state index in [2.05, 4.69) is 20.6 Å². The number of nitrogens with zero attached hydrogens (tertiary/aromatic N) is 4. The fraction of sp³-hybridized carbons (Fsp3) is 0.111. The minimum absolute atomic E-state index is 0.130. The molecule has 4 rings (SSSR count). The Kier molecular flexibility index (Phi) is 5.17. The first-order chi connectivity index (χ1) is 13.5. The number of fused-ring (bicyclic) bond motifs is 1. The quantitative estimate of drug-likeness (QED) is 0.481. The van der Waals surface area contributed by atoms with E-state index in [4.69, 9.17) is 27.9 Å². The number of anilines is 1. The molecule has 0 aliphatic heterocycles. The summed E-state index contributed by atoms with van der Waals surface area (Å²) in [5, 5.41) is 17.6. The molecule has 10 heteroatoms. The fourth-order valence-electron chi connectivity index (χ4n) is 2.62. The summed E-state index contributed by atoms with van der Waals surface area (Å²) in [7, 11) is 1.87. The van der Waals surface area contributed by atoms with Crippen LogP contribution in [-0.2, 0) is 18.4 Å². The molecule has 142 valence electrons. The average Bonchev–Trinajstić information content (AvgIpc) is 3.27. The van der Waals surface area contributed by atoms with Crippen LogP contribution in [-0.4, -0.2) is 26.1 Å². The Bertz CT molecular complexity index is 1170. The van der Waals surface area contributed by atoms with Crippen molar-refractivity contribution < 1.29 is 9.53 Å². The van der Waals surface area contributed by atoms with Crippen LogP contribution in [0.4, 0.5) is 9.93 Å². The smallest absolute Gasteiger partial charge is 0.413 e. The summed E-state index contributed by atoms with van der Waals surface area (Å²) in [5.74, 6) is 0. The number of aryl methyl sites for hydroxylation is 1. The number of nitrogens with one attached hydrogen (secondary N) is 1. The van der Waals surface area contributed by atoms with E-state index in [1.54, 1.807) is 29.1 Å². The normalized spacial score (nSPS) is 11.0. The number of halogens is 2. The Balaban J connectivity index is 1.39. The second-order valence-corrected chi connectivity index (χ2v) is 7.72. The van der Waals surface area contributed by atoms with Gasteiger partial charge in [-0.25, -0.2) is 4.79 Å². The Morgan fingerprint density at radius 1 is 1.21 bits per heavy atom. The number of ether oxygens (including phenoxy) is 1. The predicted octanol–water partition coefficient (Wildman–Crippen LogP) is 5.15. The Morgan fingerprint density at radius 2 is 2.07 bits per heavy atom. The molecule has 2 heterocycles. The van der Waals surface area contributed by atoms with Crippen LogP contribution in [0.3, 0.4) is 0 Å². The summed E-state index contributed by atoms with van der Waals surface area (Å²) >= 11 is 13.3. The van der Waals surface area contributed by atoms with Crippen molar-refractivity contribution in [1.82, 2.24) is 20.0 Å². The minimum Gasteiger partial charge on any atom is -0.444 e. The highest BCUT2D eigenvalue weighted by Gasteiger charge is 2.13. The summed E-state index contributed by atoms with van der Waals surface area (Å²) in [6, 6.07) is 10.8. The molecule has 0 spiro atoms. The molecule has 0 fully saturated rings. The van der Waals surface area contributed by atoms with Gasteiger partial charge in [-0.15, -0.1) is 10.2 Å². The second kappa shape index (κ2) is 7.75. The predicted molar refractivity (Wildman–Crippen MR) is 110 cm³/mol. The standard InChI is InChI=1S/C18H13Cl2N5O2S/c1-25-15-5-2-10(6-11(15)8-21-25)9-27-18(26)22-17-24-23-16(28-17)13-4-3-12(19)7-14(13)20/h2-8H,9H2,1H3,(H,22,24,26). The molecule has 0 bridgehead atoms. The van der Waals surface area contributed by atoms with Crippen LogP contribution in [0, 0.1) is 0 Å². The molecule has 4 aromatic rings. The van der Waals surface area contributed by atoms with Crippen molar-refractivity contribution >= 4 is 56.7 Å². The molecule has 28 heavy (non-hydrogen) atoms. The lowest BCUT2D eigenvalue weighted by Crippen LogP contribution is -2.13. The van der Waals surface area contributed by atoms with Gasteiger partial charge in [-0.3, -0.25) is 10.00 Å². The van der Waals surface area contributed by atoms with Gasteiger partial charge in [-0.1, -0.05) is 40.6 Å². The third-order valence-electron chi connectivity index (χ3n) is 3.98. The number of aromatic nitrogens is 4.